The lowest BCUT2D eigenvalue weighted by atomic mass is 10.0. The molecule has 1 fully saturated rings. The summed E-state index contributed by atoms with van der Waals surface area (Å²) in [7, 11) is 0. The molecule has 3 N–H and O–H groups in total. The van der Waals surface area contributed by atoms with E-state index in [1.54, 1.807) is 0 Å². The summed E-state index contributed by atoms with van der Waals surface area (Å²) in [5.74, 6) is -0.292. The zero-order valence-corrected chi connectivity index (χ0v) is 17.4. The summed E-state index contributed by atoms with van der Waals surface area (Å²) >= 11 is 0. The highest BCUT2D eigenvalue weighted by Gasteiger charge is 2.22. The number of hydrogen-bond acceptors (Lipinski definition) is 3. The number of halogens is 2. The van der Waals surface area contributed by atoms with Crippen molar-refractivity contribution < 1.29 is 13.9 Å². The van der Waals surface area contributed by atoms with Gasteiger partial charge in [0.2, 0.25) is 0 Å². The number of nitrogens with zero attached hydrogens (tertiary/aromatic N) is 2. The summed E-state index contributed by atoms with van der Waals surface area (Å²) in [5.41, 5.74) is 1.98. The lowest BCUT2D eigenvalue weighted by Crippen LogP contribution is -2.51. The Kier molecular flexibility index (Phi) is 8.16. The molecule has 30 heavy (non-hydrogen) atoms. The predicted octanol–water partition coefficient (Wildman–Crippen LogP) is 3.18. The van der Waals surface area contributed by atoms with Crippen LogP contribution in [0.4, 0.5) is 8.78 Å². The summed E-state index contributed by atoms with van der Waals surface area (Å²) in [6, 6.07) is 11.8. The van der Waals surface area contributed by atoms with Gasteiger partial charge in [0.25, 0.3) is 0 Å². The van der Waals surface area contributed by atoms with Crippen LogP contribution < -0.4 is 10.6 Å². The van der Waals surface area contributed by atoms with E-state index in [1.807, 2.05) is 31.2 Å². The maximum Gasteiger partial charge on any atom is 0.191 e. The Morgan fingerprint density at radius 2 is 1.87 bits per heavy atom. The number of benzene rings is 2. The van der Waals surface area contributed by atoms with Crippen LogP contribution in [0.15, 0.2) is 47.5 Å². The van der Waals surface area contributed by atoms with Gasteiger partial charge in [0.1, 0.15) is 11.6 Å². The topological polar surface area (TPSA) is 59.9 Å². The minimum atomic E-state index is -0.498. The van der Waals surface area contributed by atoms with Gasteiger partial charge in [-0.25, -0.2) is 13.8 Å². The molecule has 3 rings (SSSR count). The molecule has 2 aromatic carbocycles. The molecule has 0 aliphatic carbocycles. The molecule has 1 saturated heterocycles. The Morgan fingerprint density at radius 3 is 2.57 bits per heavy atom. The zero-order valence-electron chi connectivity index (χ0n) is 17.4. The van der Waals surface area contributed by atoms with Crippen LogP contribution in [0.25, 0.3) is 0 Å². The van der Waals surface area contributed by atoms with E-state index in [4.69, 9.17) is 0 Å². The summed E-state index contributed by atoms with van der Waals surface area (Å²) in [6.07, 6.45) is 1.91. The lowest BCUT2D eigenvalue weighted by molar-refractivity contribution is 0.188. The molecule has 0 amide bonds. The first-order chi connectivity index (χ1) is 14.6. The molecule has 1 aliphatic heterocycles. The summed E-state index contributed by atoms with van der Waals surface area (Å²) < 4.78 is 28.0. The first kappa shape index (κ1) is 22.2. The fourth-order valence-corrected chi connectivity index (χ4v) is 3.77. The standard InChI is InChI=1S/C23H30F2N4O/c1-2-26-23(27-13-17-7-3-4-8-18(17)16-30)28-19-9-6-12-29(14-19)15-20-21(24)10-5-11-22(20)25/h3-5,7-8,10-11,19,30H,2,6,9,12-16H2,1H3,(H2,26,27,28). The Morgan fingerprint density at radius 1 is 1.13 bits per heavy atom. The number of guanidine groups is 1. The lowest BCUT2D eigenvalue weighted by Gasteiger charge is -2.34. The number of rotatable bonds is 7. The third-order valence-corrected chi connectivity index (χ3v) is 5.33. The van der Waals surface area contributed by atoms with Crippen molar-refractivity contribution in [2.45, 2.75) is 45.5 Å². The largest absolute Gasteiger partial charge is 0.392 e. The predicted molar refractivity (Wildman–Crippen MR) is 115 cm³/mol. The van der Waals surface area contributed by atoms with Crippen LogP contribution in [-0.4, -0.2) is 41.6 Å². The highest BCUT2D eigenvalue weighted by atomic mass is 19.1. The number of hydrogen-bond donors (Lipinski definition) is 3. The molecule has 0 bridgehead atoms. The zero-order chi connectivity index (χ0) is 21.3. The Bertz CT molecular complexity index is 839. The molecular weight excluding hydrogens is 386 g/mol. The molecule has 7 heteroatoms. The van der Waals surface area contributed by atoms with Gasteiger partial charge in [-0.15, -0.1) is 0 Å². The van der Waals surface area contributed by atoms with Crippen LogP contribution in [0.3, 0.4) is 0 Å². The number of aliphatic hydroxyl groups is 1. The average molecular weight is 417 g/mol. The maximum atomic E-state index is 14.0. The number of aliphatic hydroxyl groups excluding tert-OH is 1. The van der Waals surface area contributed by atoms with Gasteiger partial charge < -0.3 is 15.7 Å². The van der Waals surface area contributed by atoms with Crippen molar-refractivity contribution in [3.05, 3.63) is 70.8 Å². The van der Waals surface area contributed by atoms with Gasteiger partial charge in [-0.05, 0) is 49.6 Å². The van der Waals surface area contributed by atoms with Crippen LogP contribution >= 0.6 is 0 Å². The number of nitrogens with one attached hydrogen (secondary N) is 2. The van der Waals surface area contributed by atoms with E-state index in [0.29, 0.717) is 19.0 Å². The highest BCUT2D eigenvalue weighted by molar-refractivity contribution is 5.80. The smallest absolute Gasteiger partial charge is 0.191 e. The van der Waals surface area contributed by atoms with Crippen molar-refractivity contribution in [3.63, 3.8) is 0 Å². The van der Waals surface area contributed by atoms with Gasteiger partial charge in [0.15, 0.2) is 5.96 Å². The molecule has 162 valence electrons. The fourth-order valence-electron chi connectivity index (χ4n) is 3.77. The molecule has 5 nitrogen and oxygen atoms in total. The highest BCUT2D eigenvalue weighted by Crippen LogP contribution is 2.18. The third kappa shape index (κ3) is 6.00. The number of aliphatic imine (C=N–C) groups is 1. The molecule has 0 saturated carbocycles. The first-order valence-corrected chi connectivity index (χ1v) is 10.5. The molecular formula is C23H30F2N4O. The van der Waals surface area contributed by atoms with Crippen molar-refractivity contribution in [3.8, 4) is 0 Å². The number of likely N-dealkylation sites (tertiary alicyclic amines) is 1. The normalized spacial score (nSPS) is 17.7. The van der Waals surface area contributed by atoms with Gasteiger partial charge in [0.05, 0.1) is 13.2 Å². The molecule has 0 radical (unpaired) electrons. The van der Waals surface area contributed by atoms with Crippen LogP contribution in [0.5, 0.6) is 0 Å². The van der Waals surface area contributed by atoms with E-state index in [2.05, 4.69) is 20.5 Å². The second-order valence-electron chi connectivity index (χ2n) is 7.54. The number of piperidine rings is 1. The van der Waals surface area contributed by atoms with E-state index in [9.17, 15) is 13.9 Å². The van der Waals surface area contributed by atoms with Crippen LogP contribution in [0.2, 0.25) is 0 Å². The Balaban J connectivity index is 1.63. The fraction of sp³-hybridized carbons (Fsp3) is 0.435. The molecule has 1 heterocycles. The van der Waals surface area contributed by atoms with Gasteiger partial charge in [0, 0.05) is 31.2 Å². The Hall–Kier alpha value is -2.51. The molecule has 0 aromatic heterocycles. The van der Waals surface area contributed by atoms with Gasteiger partial charge in [-0.2, -0.15) is 0 Å². The summed E-state index contributed by atoms with van der Waals surface area (Å²) in [5, 5.41) is 16.2. The monoisotopic (exact) mass is 416 g/mol. The van der Waals surface area contributed by atoms with Crippen molar-refractivity contribution in [2.75, 3.05) is 19.6 Å². The third-order valence-electron chi connectivity index (χ3n) is 5.33. The SMILES string of the molecule is CCNC(=NCc1ccccc1CO)NC1CCCN(Cc2c(F)cccc2F)C1. The summed E-state index contributed by atoms with van der Waals surface area (Å²) in [4.78, 5) is 6.75. The van der Waals surface area contributed by atoms with E-state index < -0.39 is 11.6 Å². The van der Waals surface area contributed by atoms with Gasteiger partial charge in [-0.1, -0.05) is 30.3 Å². The Labute approximate surface area is 176 Å². The minimum Gasteiger partial charge on any atom is -0.392 e. The quantitative estimate of drug-likeness (QED) is 0.479. The van der Waals surface area contributed by atoms with Gasteiger partial charge in [-0.3, -0.25) is 4.90 Å². The molecule has 1 unspecified atom stereocenters. The minimum absolute atomic E-state index is 0.0140. The second-order valence-corrected chi connectivity index (χ2v) is 7.54. The molecule has 2 aromatic rings. The van der Waals surface area contributed by atoms with Crippen molar-refractivity contribution in [1.82, 2.24) is 15.5 Å². The maximum absolute atomic E-state index is 14.0. The average Bonchev–Trinajstić information content (AvgIpc) is 2.75. The van der Waals surface area contributed by atoms with E-state index in [1.165, 1.54) is 18.2 Å². The van der Waals surface area contributed by atoms with Crippen molar-refractivity contribution >= 4 is 5.96 Å². The van der Waals surface area contributed by atoms with E-state index in [-0.39, 0.29) is 24.8 Å². The van der Waals surface area contributed by atoms with Crippen LogP contribution in [-0.2, 0) is 19.7 Å². The molecule has 1 aliphatic rings. The van der Waals surface area contributed by atoms with E-state index >= 15 is 0 Å². The van der Waals surface area contributed by atoms with E-state index in [0.717, 1.165) is 37.1 Å². The first-order valence-electron chi connectivity index (χ1n) is 10.5. The molecule has 0 spiro atoms. The van der Waals surface area contributed by atoms with Crippen LogP contribution in [0.1, 0.15) is 36.5 Å². The van der Waals surface area contributed by atoms with Gasteiger partial charge >= 0.3 is 0 Å². The van der Waals surface area contributed by atoms with Crippen LogP contribution in [0, 0.1) is 11.6 Å². The van der Waals surface area contributed by atoms with Crippen molar-refractivity contribution in [2.24, 2.45) is 4.99 Å². The summed E-state index contributed by atoms with van der Waals surface area (Å²) in [6.45, 7) is 4.93. The second kappa shape index (κ2) is 11.0. The van der Waals surface area contributed by atoms with Crippen molar-refractivity contribution in [1.29, 1.82) is 0 Å². The molecule has 1 atom stereocenters.